The van der Waals surface area contributed by atoms with Gasteiger partial charge in [0.05, 0.1) is 0 Å². The van der Waals surface area contributed by atoms with Gasteiger partial charge >= 0.3 is 0 Å². The van der Waals surface area contributed by atoms with Crippen LogP contribution in [0.1, 0.15) is 18.9 Å². The molecule has 20 heavy (non-hydrogen) atoms. The van der Waals surface area contributed by atoms with Crippen molar-refractivity contribution in [2.75, 3.05) is 0 Å². The molecule has 4 heteroatoms. The second-order valence-corrected chi connectivity index (χ2v) is 6.67. The lowest BCUT2D eigenvalue weighted by molar-refractivity contribution is 0.641. The molecular formula is C16H17Cl2NS. The van der Waals surface area contributed by atoms with E-state index in [1.165, 1.54) is 5.56 Å². The molecule has 0 radical (unpaired) electrons. The fraction of sp³-hybridized carbons (Fsp3) is 0.250. The third kappa shape index (κ3) is 4.42. The first-order chi connectivity index (χ1) is 9.58. The van der Waals surface area contributed by atoms with Crippen LogP contribution in [0.2, 0.25) is 10.0 Å². The largest absolute Gasteiger partial charge is 0.327 e. The van der Waals surface area contributed by atoms with Gasteiger partial charge in [-0.05, 0) is 48.7 Å². The van der Waals surface area contributed by atoms with Crippen LogP contribution in [0.5, 0.6) is 0 Å². The molecule has 106 valence electrons. The van der Waals surface area contributed by atoms with Crippen LogP contribution in [-0.2, 0) is 6.42 Å². The summed E-state index contributed by atoms with van der Waals surface area (Å²) in [5.74, 6) is 0. The molecule has 0 amide bonds. The summed E-state index contributed by atoms with van der Waals surface area (Å²) in [5, 5.41) is 1.48. The molecule has 2 aromatic rings. The zero-order valence-corrected chi connectivity index (χ0v) is 13.6. The maximum atomic E-state index is 6.11. The minimum absolute atomic E-state index is 0.176. The Morgan fingerprint density at radius 1 is 1.10 bits per heavy atom. The molecule has 1 unspecified atom stereocenters. The van der Waals surface area contributed by atoms with Gasteiger partial charge in [-0.15, -0.1) is 0 Å². The first-order valence-electron chi connectivity index (χ1n) is 6.56. The molecule has 1 nitrogen and oxygen atoms in total. The Hall–Kier alpha value is -0.670. The standard InChI is InChI=1S/C16H17Cl2NS/c1-2-14(19)8-11-6-7-13(18)10-16(11)20-15-5-3-4-12(17)9-15/h3-7,9-10,14H,2,8,19H2,1H3. The number of hydrogen-bond acceptors (Lipinski definition) is 2. The summed E-state index contributed by atoms with van der Waals surface area (Å²) < 4.78 is 0. The second-order valence-electron chi connectivity index (χ2n) is 4.68. The molecular weight excluding hydrogens is 309 g/mol. The second kappa shape index (κ2) is 7.37. The average Bonchev–Trinajstić information content (AvgIpc) is 2.41. The highest BCUT2D eigenvalue weighted by Crippen LogP contribution is 2.34. The van der Waals surface area contributed by atoms with Gasteiger partial charge in [-0.1, -0.05) is 54.0 Å². The molecule has 0 saturated carbocycles. The highest BCUT2D eigenvalue weighted by molar-refractivity contribution is 7.99. The van der Waals surface area contributed by atoms with Gasteiger partial charge < -0.3 is 5.73 Å². The van der Waals surface area contributed by atoms with Crippen LogP contribution in [0.25, 0.3) is 0 Å². The number of rotatable bonds is 5. The van der Waals surface area contributed by atoms with E-state index in [-0.39, 0.29) is 6.04 Å². The number of nitrogens with two attached hydrogens (primary N) is 1. The van der Waals surface area contributed by atoms with Gasteiger partial charge in [0.2, 0.25) is 0 Å². The average molecular weight is 326 g/mol. The van der Waals surface area contributed by atoms with E-state index in [9.17, 15) is 0 Å². The van der Waals surface area contributed by atoms with Crippen LogP contribution < -0.4 is 5.73 Å². The molecule has 0 aliphatic rings. The zero-order chi connectivity index (χ0) is 14.5. The van der Waals surface area contributed by atoms with E-state index in [4.69, 9.17) is 28.9 Å². The Morgan fingerprint density at radius 2 is 1.85 bits per heavy atom. The highest BCUT2D eigenvalue weighted by atomic mass is 35.5. The fourth-order valence-electron chi connectivity index (χ4n) is 1.88. The minimum Gasteiger partial charge on any atom is -0.327 e. The molecule has 0 fully saturated rings. The zero-order valence-electron chi connectivity index (χ0n) is 11.3. The van der Waals surface area contributed by atoms with Crippen molar-refractivity contribution in [3.05, 3.63) is 58.1 Å². The molecule has 0 spiro atoms. The Bertz CT molecular complexity index is 586. The summed E-state index contributed by atoms with van der Waals surface area (Å²) >= 11 is 13.8. The maximum absolute atomic E-state index is 6.11. The third-order valence-corrected chi connectivity index (χ3v) is 4.62. The van der Waals surface area contributed by atoms with E-state index < -0.39 is 0 Å². The number of hydrogen-bond donors (Lipinski definition) is 1. The molecule has 0 bridgehead atoms. The first-order valence-corrected chi connectivity index (χ1v) is 8.13. The molecule has 0 heterocycles. The number of benzene rings is 2. The van der Waals surface area contributed by atoms with Gasteiger partial charge in [-0.3, -0.25) is 0 Å². The van der Waals surface area contributed by atoms with Crippen molar-refractivity contribution in [3.63, 3.8) is 0 Å². The van der Waals surface area contributed by atoms with Gasteiger partial charge in [-0.2, -0.15) is 0 Å². The van der Waals surface area contributed by atoms with Crippen LogP contribution in [0.4, 0.5) is 0 Å². The lowest BCUT2D eigenvalue weighted by atomic mass is 10.1. The van der Waals surface area contributed by atoms with Crippen molar-refractivity contribution >= 4 is 35.0 Å². The van der Waals surface area contributed by atoms with E-state index >= 15 is 0 Å². The van der Waals surface area contributed by atoms with Crippen molar-refractivity contribution in [2.24, 2.45) is 5.73 Å². The predicted octanol–water partition coefficient (Wildman–Crippen LogP) is 5.42. The smallest absolute Gasteiger partial charge is 0.0417 e. The molecule has 0 aliphatic heterocycles. The van der Waals surface area contributed by atoms with Crippen molar-refractivity contribution in [3.8, 4) is 0 Å². The van der Waals surface area contributed by atoms with Gasteiger partial charge in [0.25, 0.3) is 0 Å². The van der Waals surface area contributed by atoms with E-state index in [0.29, 0.717) is 0 Å². The SMILES string of the molecule is CCC(N)Cc1ccc(Cl)cc1Sc1cccc(Cl)c1. The summed E-state index contributed by atoms with van der Waals surface area (Å²) in [4.78, 5) is 2.25. The molecule has 2 N–H and O–H groups in total. The Labute approximate surface area is 134 Å². The normalized spacial score (nSPS) is 12.4. The van der Waals surface area contributed by atoms with Gasteiger partial charge in [0.15, 0.2) is 0 Å². The Kier molecular flexibility index (Phi) is 5.79. The summed E-state index contributed by atoms with van der Waals surface area (Å²) in [6.07, 6.45) is 1.82. The van der Waals surface area contributed by atoms with Crippen LogP contribution in [-0.4, -0.2) is 6.04 Å². The molecule has 2 rings (SSSR count). The molecule has 0 aliphatic carbocycles. The Morgan fingerprint density at radius 3 is 2.55 bits per heavy atom. The first kappa shape index (κ1) is 15.7. The van der Waals surface area contributed by atoms with E-state index in [1.54, 1.807) is 11.8 Å². The van der Waals surface area contributed by atoms with Crippen LogP contribution >= 0.6 is 35.0 Å². The monoisotopic (exact) mass is 325 g/mol. The fourth-order valence-corrected chi connectivity index (χ4v) is 3.42. The maximum Gasteiger partial charge on any atom is 0.0417 e. The van der Waals surface area contributed by atoms with Gasteiger partial charge in [0.1, 0.15) is 0 Å². The predicted molar refractivity (Wildman–Crippen MR) is 89.0 cm³/mol. The van der Waals surface area contributed by atoms with Crippen molar-refractivity contribution < 1.29 is 0 Å². The van der Waals surface area contributed by atoms with Gasteiger partial charge in [-0.25, -0.2) is 0 Å². The van der Waals surface area contributed by atoms with Crippen molar-refractivity contribution in [2.45, 2.75) is 35.6 Å². The van der Waals surface area contributed by atoms with Crippen molar-refractivity contribution in [1.82, 2.24) is 0 Å². The molecule has 2 aromatic carbocycles. The van der Waals surface area contributed by atoms with Crippen LogP contribution in [0.3, 0.4) is 0 Å². The van der Waals surface area contributed by atoms with Gasteiger partial charge in [0, 0.05) is 25.9 Å². The molecule has 0 aromatic heterocycles. The highest BCUT2D eigenvalue weighted by Gasteiger charge is 2.09. The van der Waals surface area contributed by atoms with E-state index in [2.05, 4.69) is 13.0 Å². The lowest BCUT2D eigenvalue weighted by Crippen LogP contribution is -2.21. The van der Waals surface area contributed by atoms with E-state index in [0.717, 1.165) is 32.7 Å². The van der Waals surface area contributed by atoms with E-state index in [1.807, 2.05) is 36.4 Å². The summed E-state index contributed by atoms with van der Waals surface area (Å²) in [6, 6.07) is 14.0. The summed E-state index contributed by atoms with van der Waals surface area (Å²) in [6.45, 7) is 2.10. The topological polar surface area (TPSA) is 26.0 Å². The van der Waals surface area contributed by atoms with Crippen LogP contribution in [0, 0.1) is 0 Å². The summed E-state index contributed by atoms with van der Waals surface area (Å²) in [7, 11) is 0. The quantitative estimate of drug-likeness (QED) is 0.793. The van der Waals surface area contributed by atoms with Crippen molar-refractivity contribution in [1.29, 1.82) is 0 Å². The molecule has 0 saturated heterocycles. The third-order valence-electron chi connectivity index (χ3n) is 3.06. The molecule has 1 atom stereocenters. The summed E-state index contributed by atoms with van der Waals surface area (Å²) in [5.41, 5.74) is 7.30. The minimum atomic E-state index is 0.176. The number of halogens is 2. The lowest BCUT2D eigenvalue weighted by Gasteiger charge is -2.13. The Balaban J connectivity index is 2.27. The van der Waals surface area contributed by atoms with Crippen LogP contribution in [0.15, 0.2) is 52.3 Å².